The van der Waals surface area contributed by atoms with E-state index in [-0.39, 0.29) is 11.9 Å². The molecule has 0 unspecified atom stereocenters. The van der Waals surface area contributed by atoms with Crippen molar-refractivity contribution in [2.45, 2.75) is 37.1 Å². The van der Waals surface area contributed by atoms with Crippen molar-refractivity contribution in [2.24, 2.45) is 0 Å². The van der Waals surface area contributed by atoms with Gasteiger partial charge >= 0.3 is 0 Å². The maximum absolute atomic E-state index is 13.3. The highest BCUT2D eigenvalue weighted by atomic mass is 32.2. The van der Waals surface area contributed by atoms with Crippen LogP contribution in [0.3, 0.4) is 0 Å². The number of benzene rings is 3. The number of fused-ring (bicyclic) bond motifs is 1. The fourth-order valence-electron chi connectivity index (χ4n) is 4.77. The number of nitrogens with zero attached hydrogens (tertiary/aromatic N) is 1. The molecule has 5 heteroatoms. The highest BCUT2D eigenvalue weighted by Crippen LogP contribution is 2.41. The Morgan fingerprint density at radius 3 is 2.35 bits per heavy atom. The molecule has 34 heavy (non-hydrogen) atoms. The van der Waals surface area contributed by atoms with Gasteiger partial charge in [0.05, 0.1) is 11.7 Å². The normalized spacial score (nSPS) is 15.4. The number of likely N-dealkylation sites (tertiary alicyclic amines) is 1. The minimum Gasteiger partial charge on any atom is -0.457 e. The van der Waals surface area contributed by atoms with E-state index in [9.17, 15) is 4.79 Å². The Morgan fingerprint density at radius 2 is 1.65 bits per heavy atom. The van der Waals surface area contributed by atoms with Crippen molar-refractivity contribution in [3.05, 3.63) is 95.2 Å². The van der Waals surface area contributed by atoms with Crippen LogP contribution in [0.2, 0.25) is 0 Å². The van der Waals surface area contributed by atoms with E-state index in [1.165, 1.54) is 29.7 Å². The molecule has 1 aliphatic heterocycles. The first-order valence-electron chi connectivity index (χ1n) is 11.9. The molecule has 4 nitrogen and oxygen atoms in total. The van der Waals surface area contributed by atoms with Crippen molar-refractivity contribution in [3.8, 4) is 0 Å². The molecule has 0 bridgehead atoms. The third kappa shape index (κ3) is 4.63. The molecule has 2 heterocycles. The Morgan fingerprint density at radius 1 is 0.941 bits per heavy atom. The van der Waals surface area contributed by atoms with Gasteiger partial charge in [0.1, 0.15) is 11.3 Å². The molecule has 3 aromatic carbocycles. The third-order valence-corrected chi connectivity index (χ3v) is 7.35. The minimum absolute atomic E-state index is 0.0584. The van der Waals surface area contributed by atoms with Crippen LogP contribution in [0.15, 0.2) is 82.1 Å². The average molecular weight is 471 g/mol. The molecular weight excluding hydrogens is 440 g/mol. The van der Waals surface area contributed by atoms with Gasteiger partial charge in [-0.3, -0.25) is 9.69 Å². The second-order valence-electron chi connectivity index (χ2n) is 8.93. The number of amides is 1. The lowest BCUT2D eigenvalue weighted by atomic mass is 9.98. The summed E-state index contributed by atoms with van der Waals surface area (Å²) in [7, 11) is 0. The number of piperidine rings is 1. The van der Waals surface area contributed by atoms with Gasteiger partial charge in [-0.2, -0.15) is 0 Å². The number of hydrogen-bond donors (Lipinski definition) is 1. The Labute approximate surface area is 205 Å². The molecule has 1 amide bonds. The van der Waals surface area contributed by atoms with Gasteiger partial charge in [0.15, 0.2) is 0 Å². The Bertz CT molecular complexity index is 1270. The molecule has 0 radical (unpaired) electrons. The van der Waals surface area contributed by atoms with Crippen LogP contribution in [-0.2, 0) is 0 Å². The molecule has 4 aromatic rings. The smallest absolute Gasteiger partial charge is 0.255 e. The largest absolute Gasteiger partial charge is 0.457 e. The van der Waals surface area contributed by atoms with Gasteiger partial charge < -0.3 is 9.73 Å². The zero-order chi connectivity index (χ0) is 23.5. The number of carbonyl (C=O) groups excluding carboxylic acids is 1. The minimum atomic E-state index is -0.122. The molecular formula is C29H30N2O2S. The summed E-state index contributed by atoms with van der Waals surface area (Å²) in [5.41, 5.74) is 4.51. The second-order valence-corrected chi connectivity index (χ2v) is 9.81. The van der Waals surface area contributed by atoms with Crippen molar-refractivity contribution in [1.82, 2.24) is 4.90 Å². The topological polar surface area (TPSA) is 45.5 Å². The summed E-state index contributed by atoms with van der Waals surface area (Å²) in [4.78, 5) is 17.0. The van der Waals surface area contributed by atoms with Gasteiger partial charge in [0.25, 0.3) is 5.91 Å². The van der Waals surface area contributed by atoms with Crippen LogP contribution in [-0.4, -0.2) is 30.2 Å². The predicted octanol–water partition coefficient (Wildman–Crippen LogP) is 7.29. The van der Waals surface area contributed by atoms with Gasteiger partial charge in [-0.25, -0.2) is 0 Å². The number of anilines is 1. The van der Waals surface area contributed by atoms with Crippen LogP contribution in [0.5, 0.6) is 0 Å². The lowest BCUT2D eigenvalue weighted by molar-refractivity contribution is 0.102. The van der Waals surface area contributed by atoms with E-state index < -0.39 is 0 Å². The van der Waals surface area contributed by atoms with E-state index in [1.807, 2.05) is 55.5 Å². The molecule has 0 saturated carbocycles. The standard InChI is InChI=1S/C29H30N2O2S/c1-20-10-12-22(13-11-20)29(32)30-26-24-8-4-5-9-25(24)33-28(26)27(31-18-6-3-7-19-31)21-14-16-23(34-2)17-15-21/h4-5,8-17,27H,3,6-7,18-19H2,1-2H3,(H,30,32)/t27-/m0/s1. The van der Waals surface area contributed by atoms with Crippen LogP contribution in [0.4, 0.5) is 5.69 Å². The van der Waals surface area contributed by atoms with Crippen molar-refractivity contribution in [2.75, 3.05) is 24.7 Å². The molecule has 0 spiro atoms. The van der Waals surface area contributed by atoms with Crippen molar-refractivity contribution < 1.29 is 9.21 Å². The van der Waals surface area contributed by atoms with Gasteiger partial charge in [0, 0.05) is 15.8 Å². The van der Waals surface area contributed by atoms with E-state index in [0.29, 0.717) is 5.56 Å². The fourth-order valence-corrected chi connectivity index (χ4v) is 5.18. The quantitative estimate of drug-likeness (QED) is 0.301. The lowest BCUT2D eigenvalue weighted by Gasteiger charge is -2.34. The highest BCUT2D eigenvalue weighted by molar-refractivity contribution is 7.98. The van der Waals surface area contributed by atoms with Crippen LogP contribution >= 0.6 is 11.8 Å². The third-order valence-electron chi connectivity index (χ3n) is 6.61. The zero-order valence-electron chi connectivity index (χ0n) is 19.7. The van der Waals surface area contributed by atoms with Gasteiger partial charge in [-0.15, -0.1) is 11.8 Å². The van der Waals surface area contributed by atoms with Crippen LogP contribution in [0.1, 0.15) is 52.5 Å². The summed E-state index contributed by atoms with van der Waals surface area (Å²) in [5, 5.41) is 4.15. The number of furan rings is 1. The van der Waals surface area contributed by atoms with E-state index in [0.717, 1.165) is 41.1 Å². The zero-order valence-corrected chi connectivity index (χ0v) is 20.5. The highest BCUT2D eigenvalue weighted by Gasteiger charge is 2.31. The Hall–Kier alpha value is -3.02. The summed E-state index contributed by atoms with van der Waals surface area (Å²) >= 11 is 1.74. The molecule has 174 valence electrons. The maximum Gasteiger partial charge on any atom is 0.255 e. The fraction of sp³-hybridized carbons (Fsp3) is 0.276. The number of carbonyl (C=O) groups is 1. The van der Waals surface area contributed by atoms with Gasteiger partial charge in [0.2, 0.25) is 0 Å². The first kappa shape index (κ1) is 22.8. The van der Waals surface area contributed by atoms with E-state index >= 15 is 0 Å². The Kier molecular flexibility index (Phi) is 6.75. The first-order chi connectivity index (χ1) is 16.6. The average Bonchev–Trinajstić information content (AvgIpc) is 3.23. The second kappa shape index (κ2) is 10.1. The number of thioether (sulfide) groups is 1. The lowest BCUT2D eigenvalue weighted by Crippen LogP contribution is -2.34. The number of nitrogens with one attached hydrogen (secondary N) is 1. The van der Waals surface area contributed by atoms with Crippen molar-refractivity contribution in [1.29, 1.82) is 0 Å². The summed E-state index contributed by atoms with van der Waals surface area (Å²) in [6.45, 7) is 4.05. The molecule has 1 saturated heterocycles. The number of aryl methyl sites for hydroxylation is 1. The molecule has 1 N–H and O–H groups in total. The van der Waals surface area contributed by atoms with Gasteiger partial charge in [-0.1, -0.05) is 48.4 Å². The summed E-state index contributed by atoms with van der Waals surface area (Å²) in [6.07, 6.45) is 5.69. The Balaban J connectivity index is 1.61. The molecule has 1 aliphatic rings. The molecule has 1 aromatic heterocycles. The number of para-hydroxylation sites is 1. The van der Waals surface area contributed by atoms with Crippen LogP contribution in [0, 0.1) is 6.92 Å². The summed E-state index contributed by atoms with van der Waals surface area (Å²) in [6, 6.07) is 24.3. The van der Waals surface area contributed by atoms with Crippen molar-refractivity contribution in [3.63, 3.8) is 0 Å². The molecule has 1 atom stereocenters. The summed E-state index contributed by atoms with van der Waals surface area (Å²) < 4.78 is 6.52. The SMILES string of the molecule is CSc1ccc([C@@H](c2oc3ccccc3c2NC(=O)c2ccc(C)cc2)N2CCCCC2)cc1. The molecule has 0 aliphatic carbocycles. The number of hydrogen-bond acceptors (Lipinski definition) is 4. The molecule has 5 rings (SSSR count). The van der Waals surface area contributed by atoms with Crippen LogP contribution < -0.4 is 5.32 Å². The maximum atomic E-state index is 13.3. The summed E-state index contributed by atoms with van der Waals surface area (Å²) in [5.74, 6) is 0.684. The number of rotatable bonds is 6. The predicted molar refractivity (Wildman–Crippen MR) is 141 cm³/mol. The van der Waals surface area contributed by atoms with E-state index in [1.54, 1.807) is 11.8 Å². The monoisotopic (exact) mass is 470 g/mol. The van der Waals surface area contributed by atoms with Crippen LogP contribution in [0.25, 0.3) is 11.0 Å². The van der Waals surface area contributed by atoms with Crippen molar-refractivity contribution >= 4 is 34.3 Å². The first-order valence-corrected chi connectivity index (χ1v) is 13.1. The van der Waals surface area contributed by atoms with E-state index in [2.05, 4.69) is 40.7 Å². The van der Waals surface area contributed by atoms with E-state index in [4.69, 9.17) is 4.42 Å². The molecule has 1 fully saturated rings. The van der Waals surface area contributed by atoms with Gasteiger partial charge in [-0.05, 0) is 81.1 Å².